The summed E-state index contributed by atoms with van der Waals surface area (Å²) in [5, 5.41) is 11.9. The molecule has 2 atom stereocenters. The van der Waals surface area contributed by atoms with Gasteiger partial charge in [-0.2, -0.15) is 0 Å². The molecular weight excluding hydrogens is 261 g/mol. The quantitative estimate of drug-likeness (QED) is 0.894. The fourth-order valence-electron chi connectivity index (χ4n) is 2.73. The number of anilines is 1. The number of carboxylic acids is 1. The molecular formula is C15H18FNO3. The average Bonchev–Trinajstić information content (AvgIpc) is 2.41. The molecule has 20 heavy (non-hydrogen) atoms. The van der Waals surface area contributed by atoms with Crippen LogP contribution >= 0.6 is 0 Å². The number of aryl methyl sites for hydroxylation is 1. The number of rotatable bonds is 3. The highest BCUT2D eigenvalue weighted by molar-refractivity contribution is 5.95. The molecule has 1 aromatic carbocycles. The molecule has 0 aromatic heterocycles. The van der Waals surface area contributed by atoms with Crippen LogP contribution in [0, 0.1) is 24.6 Å². The van der Waals surface area contributed by atoms with Gasteiger partial charge in [0.05, 0.1) is 11.8 Å². The Morgan fingerprint density at radius 2 is 1.90 bits per heavy atom. The van der Waals surface area contributed by atoms with Gasteiger partial charge in [-0.1, -0.05) is 12.8 Å². The summed E-state index contributed by atoms with van der Waals surface area (Å²) in [6, 6.07) is 4.12. The van der Waals surface area contributed by atoms with Crippen LogP contribution in [0.25, 0.3) is 0 Å². The zero-order chi connectivity index (χ0) is 14.7. The Bertz CT molecular complexity index is 530. The highest BCUT2D eigenvalue weighted by atomic mass is 19.1. The first-order valence-electron chi connectivity index (χ1n) is 6.79. The van der Waals surface area contributed by atoms with E-state index in [1.165, 1.54) is 18.2 Å². The third-order valence-electron chi connectivity index (χ3n) is 3.87. The standard InChI is InChI=1S/C15H18FNO3/c1-9-8-10(16)6-7-13(9)17-14(18)11-4-2-3-5-12(11)15(19)20/h6-8,11-12H,2-5H2,1H3,(H,17,18)(H,19,20)/t11-,12-/m1/s1. The molecule has 0 heterocycles. The molecule has 0 unspecified atom stereocenters. The van der Waals surface area contributed by atoms with Crippen LogP contribution in [0.4, 0.5) is 10.1 Å². The van der Waals surface area contributed by atoms with E-state index < -0.39 is 17.8 Å². The number of benzene rings is 1. The van der Waals surface area contributed by atoms with Crippen LogP contribution in [0.15, 0.2) is 18.2 Å². The minimum absolute atomic E-state index is 0.285. The topological polar surface area (TPSA) is 66.4 Å². The molecule has 5 heteroatoms. The summed E-state index contributed by atoms with van der Waals surface area (Å²) < 4.78 is 13.0. The number of halogens is 1. The Kier molecular flexibility index (Phi) is 4.37. The second-order valence-corrected chi connectivity index (χ2v) is 5.28. The molecule has 1 fully saturated rings. The largest absolute Gasteiger partial charge is 0.481 e. The van der Waals surface area contributed by atoms with E-state index in [0.717, 1.165) is 12.8 Å². The molecule has 0 spiro atoms. The van der Waals surface area contributed by atoms with E-state index in [2.05, 4.69) is 5.32 Å². The third kappa shape index (κ3) is 3.15. The Balaban J connectivity index is 2.12. The van der Waals surface area contributed by atoms with Crippen LogP contribution in [0.2, 0.25) is 0 Å². The molecule has 1 aromatic rings. The zero-order valence-electron chi connectivity index (χ0n) is 11.4. The first-order chi connectivity index (χ1) is 9.49. The van der Waals surface area contributed by atoms with Gasteiger partial charge in [-0.05, 0) is 43.5 Å². The van der Waals surface area contributed by atoms with Crippen molar-refractivity contribution in [1.82, 2.24) is 0 Å². The molecule has 4 nitrogen and oxygen atoms in total. The maximum Gasteiger partial charge on any atom is 0.307 e. The summed E-state index contributed by atoms with van der Waals surface area (Å²) in [6.45, 7) is 1.70. The predicted octanol–water partition coefficient (Wildman–Crippen LogP) is 2.96. The van der Waals surface area contributed by atoms with Crippen molar-refractivity contribution in [2.45, 2.75) is 32.6 Å². The Labute approximate surface area is 117 Å². The number of hydrogen-bond acceptors (Lipinski definition) is 2. The highest BCUT2D eigenvalue weighted by Gasteiger charge is 2.35. The second-order valence-electron chi connectivity index (χ2n) is 5.28. The molecule has 0 aliphatic heterocycles. The van der Waals surface area contributed by atoms with Crippen molar-refractivity contribution in [3.63, 3.8) is 0 Å². The number of carbonyl (C=O) groups excluding carboxylic acids is 1. The van der Waals surface area contributed by atoms with Gasteiger partial charge in [-0.25, -0.2) is 4.39 Å². The number of hydrogen-bond donors (Lipinski definition) is 2. The van der Waals surface area contributed by atoms with Gasteiger partial charge in [0, 0.05) is 5.69 Å². The Morgan fingerprint density at radius 1 is 1.25 bits per heavy atom. The summed E-state index contributed by atoms with van der Waals surface area (Å²) in [5.74, 6) is -2.69. The van der Waals surface area contributed by atoms with Crippen molar-refractivity contribution >= 4 is 17.6 Å². The van der Waals surface area contributed by atoms with Crippen molar-refractivity contribution in [1.29, 1.82) is 0 Å². The SMILES string of the molecule is Cc1cc(F)ccc1NC(=O)[C@@H]1CCCC[C@H]1C(=O)O. The van der Waals surface area contributed by atoms with Gasteiger partial charge in [0.25, 0.3) is 0 Å². The molecule has 1 amide bonds. The van der Waals surface area contributed by atoms with E-state index in [1.54, 1.807) is 6.92 Å². The van der Waals surface area contributed by atoms with Gasteiger partial charge in [-0.3, -0.25) is 9.59 Å². The smallest absolute Gasteiger partial charge is 0.307 e. The van der Waals surface area contributed by atoms with Crippen molar-refractivity contribution in [2.24, 2.45) is 11.8 Å². The van der Waals surface area contributed by atoms with Gasteiger partial charge < -0.3 is 10.4 Å². The molecule has 1 saturated carbocycles. The maximum absolute atomic E-state index is 13.0. The van der Waals surface area contributed by atoms with Gasteiger partial charge in [0.1, 0.15) is 5.82 Å². The zero-order valence-corrected chi connectivity index (χ0v) is 11.4. The molecule has 2 rings (SSSR count). The summed E-state index contributed by atoms with van der Waals surface area (Å²) in [4.78, 5) is 23.5. The van der Waals surface area contributed by atoms with E-state index in [1.807, 2.05) is 0 Å². The van der Waals surface area contributed by atoms with Gasteiger partial charge in [0.2, 0.25) is 5.91 Å². The number of aliphatic carboxylic acids is 1. The monoisotopic (exact) mass is 279 g/mol. The lowest BCUT2D eigenvalue weighted by atomic mass is 9.78. The minimum Gasteiger partial charge on any atom is -0.481 e. The minimum atomic E-state index is -0.916. The fourth-order valence-corrected chi connectivity index (χ4v) is 2.73. The fraction of sp³-hybridized carbons (Fsp3) is 0.467. The molecule has 0 radical (unpaired) electrons. The molecule has 1 aliphatic rings. The third-order valence-corrected chi connectivity index (χ3v) is 3.87. The first-order valence-corrected chi connectivity index (χ1v) is 6.79. The van der Waals surface area contributed by atoms with Gasteiger partial charge in [-0.15, -0.1) is 0 Å². The molecule has 0 bridgehead atoms. The van der Waals surface area contributed by atoms with Gasteiger partial charge >= 0.3 is 5.97 Å². The van der Waals surface area contributed by atoms with Gasteiger partial charge in [0.15, 0.2) is 0 Å². The van der Waals surface area contributed by atoms with Crippen molar-refractivity contribution < 1.29 is 19.1 Å². The Hall–Kier alpha value is -1.91. The summed E-state index contributed by atoms with van der Waals surface area (Å²) in [6.07, 6.45) is 2.83. The van der Waals surface area contributed by atoms with E-state index in [9.17, 15) is 19.1 Å². The van der Waals surface area contributed by atoms with Crippen LogP contribution in [0.3, 0.4) is 0 Å². The lowest BCUT2D eigenvalue weighted by Crippen LogP contribution is -2.36. The van der Waals surface area contributed by atoms with Crippen LogP contribution in [0.5, 0.6) is 0 Å². The molecule has 1 aliphatic carbocycles. The van der Waals surface area contributed by atoms with Crippen LogP contribution < -0.4 is 5.32 Å². The van der Waals surface area contributed by atoms with Crippen LogP contribution in [0.1, 0.15) is 31.2 Å². The number of carbonyl (C=O) groups is 2. The van der Waals surface area contributed by atoms with Crippen LogP contribution in [-0.4, -0.2) is 17.0 Å². The summed E-state index contributed by atoms with van der Waals surface area (Å²) in [5.41, 5.74) is 1.16. The molecule has 108 valence electrons. The van der Waals surface area contributed by atoms with Crippen LogP contribution in [-0.2, 0) is 9.59 Å². The second kappa shape index (κ2) is 6.03. The van der Waals surface area contributed by atoms with Crippen molar-refractivity contribution in [2.75, 3.05) is 5.32 Å². The predicted molar refractivity (Wildman–Crippen MR) is 72.9 cm³/mol. The lowest BCUT2D eigenvalue weighted by Gasteiger charge is -2.27. The summed E-state index contributed by atoms with van der Waals surface area (Å²) >= 11 is 0. The molecule has 2 N–H and O–H groups in total. The maximum atomic E-state index is 13.0. The normalized spacial score (nSPS) is 22.3. The Morgan fingerprint density at radius 3 is 2.50 bits per heavy atom. The van der Waals surface area contributed by atoms with E-state index >= 15 is 0 Å². The van der Waals surface area contributed by atoms with E-state index in [-0.39, 0.29) is 11.7 Å². The van der Waals surface area contributed by atoms with Crippen molar-refractivity contribution in [3.05, 3.63) is 29.6 Å². The van der Waals surface area contributed by atoms with E-state index in [4.69, 9.17) is 0 Å². The van der Waals surface area contributed by atoms with E-state index in [0.29, 0.717) is 24.1 Å². The summed E-state index contributed by atoms with van der Waals surface area (Å²) in [7, 11) is 0. The lowest BCUT2D eigenvalue weighted by molar-refractivity contribution is -0.147. The average molecular weight is 279 g/mol. The highest BCUT2D eigenvalue weighted by Crippen LogP contribution is 2.31. The molecule has 0 saturated heterocycles. The number of carboxylic acid groups (broad SMARTS) is 1. The number of amides is 1. The van der Waals surface area contributed by atoms with Crippen molar-refractivity contribution in [3.8, 4) is 0 Å². The number of nitrogens with one attached hydrogen (secondary N) is 1. The first kappa shape index (κ1) is 14.5.